The highest BCUT2D eigenvalue weighted by Gasteiger charge is 2.52. The number of rotatable bonds is 2. The molecule has 1 aliphatic rings. The lowest BCUT2D eigenvalue weighted by atomic mass is 9.87. The van der Waals surface area contributed by atoms with Crippen LogP contribution in [-0.2, 0) is 9.59 Å². The number of carboxylic acids is 1. The Bertz CT molecular complexity index is 309. The minimum absolute atomic E-state index is 0.454. The molecule has 1 aliphatic heterocycles. The van der Waals surface area contributed by atoms with Crippen LogP contribution in [0.25, 0.3) is 0 Å². The molecule has 0 unspecified atom stereocenters. The molecule has 0 bridgehead atoms. The molecule has 0 radical (unpaired) electrons. The van der Waals surface area contributed by atoms with Crippen molar-refractivity contribution in [1.82, 2.24) is 10.6 Å². The fourth-order valence-electron chi connectivity index (χ4n) is 1.51. The molecule has 1 rings (SSSR count). The standard InChI is InChI=1S/C8H14N2O6/c1-3(11)10-6-4(12)5(13)8(16,2-9-6)7(14)15/h4-6,9,12-13,16H,2H2,1H3,(H,10,11)(H,14,15)/t4-,5+,6+,8+/m1/s1. The lowest BCUT2D eigenvalue weighted by molar-refractivity contribution is -0.193. The van der Waals surface area contributed by atoms with Gasteiger partial charge in [-0.2, -0.15) is 0 Å². The molecule has 1 heterocycles. The Labute approximate surface area is 90.9 Å². The van der Waals surface area contributed by atoms with Gasteiger partial charge in [0.25, 0.3) is 0 Å². The first-order chi connectivity index (χ1) is 7.29. The highest BCUT2D eigenvalue weighted by molar-refractivity contribution is 5.79. The Morgan fingerprint density at radius 2 is 2.00 bits per heavy atom. The van der Waals surface area contributed by atoms with Crippen molar-refractivity contribution in [3.8, 4) is 0 Å². The topological polar surface area (TPSA) is 139 Å². The number of amides is 1. The number of carbonyl (C=O) groups is 2. The highest BCUT2D eigenvalue weighted by atomic mass is 16.4. The lowest BCUT2D eigenvalue weighted by Crippen LogP contribution is -2.72. The minimum Gasteiger partial charge on any atom is -0.479 e. The molecule has 0 aliphatic carbocycles. The number of hydrogen-bond acceptors (Lipinski definition) is 6. The van der Waals surface area contributed by atoms with Gasteiger partial charge in [0, 0.05) is 13.5 Å². The molecule has 0 saturated carbocycles. The van der Waals surface area contributed by atoms with Crippen molar-refractivity contribution in [2.75, 3.05) is 6.54 Å². The first kappa shape index (κ1) is 12.8. The zero-order valence-electron chi connectivity index (χ0n) is 8.54. The van der Waals surface area contributed by atoms with E-state index in [1.54, 1.807) is 0 Å². The minimum atomic E-state index is -2.46. The van der Waals surface area contributed by atoms with E-state index in [1.807, 2.05) is 0 Å². The summed E-state index contributed by atoms with van der Waals surface area (Å²) in [6.45, 7) is 0.726. The summed E-state index contributed by atoms with van der Waals surface area (Å²) >= 11 is 0. The molecule has 0 aromatic carbocycles. The average Bonchev–Trinajstić information content (AvgIpc) is 2.18. The molecule has 8 heteroatoms. The summed E-state index contributed by atoms with van der Waals surface area (Å²) in [6, 6.07) is 0. The molecule has 1 amide bonds. The number of piperidine rings is 1. The molecule has 0 aromatic heterocycles. The van der Waals surface area contributed by atoms with Gasteiger partial charge in [0.1, 0.15) is 18.4 Å². The lowest BCUT2D eigenvalue weighted by Gasteiger charge is -2.41. The molecule has 92 valence electrons. The van der Waals surface area contributed by atoms with Gasteiger partial charge in [-0.1, -0.05) is 0 Å². The Hall–Kier alpha value is -1.22. The van der Waals surface area contributed by atoms with Crippen LogP contribution < -0.4 is 10.6 Å². The van der Waals surface area contributed by atoms with E-state index in [0.717, 1.165) is 0 Å². The van der Waals surface area contributed by atoms with Crippen LogP contribution in [-0.4, -0.2) is 62.8 Å². The molecule has 0 aromatic rings. The van der Waals surface area contributed by atoms with Gasteiger partial charge < -0.3 is 25.7 Å². The van der Waals surface area contributed by atoms with Crippen molar-refractivity contribution >= 4 is 11.9 Å². The van der Waals surface area contributed by atoms with Gasteiger partial charge in [-0.05, 0) is 0 Å². The molecular formula is C8H14N2O6. The van der Waals surface area contributed by atoms with E-state index < -0.39 is 42.4 Å². The molecule has 6 N–H and O–H groups in total. The Morgan fingerprint density at radius 1 is 1.44 bits per heavy atom. The molecular weight excluding hydrogens is 220 g/mol. The smallest absolute Gasteiger partial charge is 0.339 e. The van der Waals surface area contributed by atoms with Crippen molar-refractivity contribution in [3.63, 3.8) is 0 Å². The summed E-state index contributed by atoms with van der Waals surface area (Å²) < 4.78 is 0. The zero-order valence-corrected chi connectivity index (χ0v) is 8.54. The molecule has 4 atom stereocenters. The van der Waals surface area contributed by atoms with Crippen LogP contribution in [0.4, 0.5) is 0 Å². The van der Waals surface area contributed by atoms with Gasteiger partial charge in [-0.3, -0.25) is 10.1 Å². The van der Waals surface area contributed by atoms with E-state index in [0.29, 0.717) is 0 Å². The van der Waals surface area contributed by atoms with Crippen LogP contribution in [0.2, 0.25) is 0 Å². The van der Waals surface area contributed by atoms with Gasteiger partial charge in [0.15, 0.2) is 0 Å². The Kier molecular flexibility index (Phi) is 3.48. The fraction of sp³-hybridized carbons (Fsp3) is 0.750. The Balaban J connectivity index is 2.79. The zero-order chi connectivity index (χ0) is 12.5. The van der Waals surface area contributed by atoms with E-state index in [9.17, 15) is 24.9 Å². The average molecular weight is 234 g/mol. The predicted octanol–water partition coefficient (Wildman–Crippen LogP) is -3.41. The SMILES string of the molecule is CC(=O)N[C@@H]1NC[C@@](O)(C(=O)O)[C@@H](O)[C@H]1O. The number of β-amino-alcohol motifs (C(OH)–C–C–N with tert-alkyl or cyclic N) is 1. The second-order valence-corrected chi connectivity index (χ2v) is 3.72. The number of aliphatic hydroxyl groups excluding tert-OH is 2. The van der Waals surface area contributed by atoms with Gasteiger partial charge >= 0.3 is 5.97 Å². The summed E-state index contributed by atoms with van der Waals surface area (Å²) in [4.78, 5) is 21.4. The highest BCUT2D eigenvalue weighted by Crippen LogP contribution is 2.20. The fourth-order valence-corrected chi connectivity index (χ4v) is 1.51. The summed E-state index contributed by atoms with van der Waals surface area (Å²) in [5, 5.41) is 42.0. The van der Waals surface area contributed by atoms with Gasteiger partial charge in [-0.25, -0.2) is 4.79 Å². The summed E-state index contributed by atoms with van der Waals surface area (Å²) in [5.74, 6) is -2.10. The van der Waals surface area contributed by atoms with Crippen LogP contribution in [0.3, 0.4) is 0 Å². The van der Waals surface area contributed by atoms with Crippen molar-refractivity contribution in [2.24, 2.45) is 0 Å². The normalized spacial score (nSPS) is 39.1. The molecule has 1 fully saturated rings. The van der Waals surface area contributed by atoms with Crippen LogP contribution in [0.5, 0.6) is 0 Å². The van der Waals surface area contributed by atoms with Gasteiger partial charge in [-0.15, -0.1) is 0 Å². The number of nitrogens with one attached hydrogen (secondary N) is 2. The van der Waals surface area contributed by atoms with Gasteiger partial charge in [0.2, 0.25) is 11.5 Å². The van der Waals surface area contributed by atoms with Crippen LogP contribution >= 0.6 is 0 Å². The van der Waals surface area contributed by atoms with Crippen molar-refractivity contribution < 1.29 is 30.0 Å². The van der Waals surface area contributed by atoms with Crippen LogP contribution in [0.15, 0.2) is 0 Å². The van der Waals surface area contributed by atoms with Crippen molar-refractivity contribution in [2.45, 2.75) is 30.9 Å². The van der Waals surface area contributed by atoms with E-state index in [-0.39, 0.29) is 0 Å². The monoisotopic (exact) mass is 234 g/mol. The van der Waals surface area contributed by atoms with E-state index >= 15 is 0 Å². The maximum Gasteiger partial charge on any atom is 0.339 e. The second-order valence-electron chi connectivity index (χ2n) is 3.72. The van der Waals surface area contributed by atoms with E-state index in [2.05, 4.69) is 10.6 Å². The van der Waals surface area contributed by atoms with Crippen molar-refractivity contribution in [1.29, 1.82) is 0 Å². The number of hydrogen-bond donors (Lipinski definition) is 6. The third kappa shape index (κ3) is 2.14. The number of carbonyl (C=O) groups excluding carboxylic acids is 1. The van der Waals surface area contributed by atoms with Crippen LogP contribution in [0.1, 0.15) is 6.92 Å². The molecule has 16 heavy (non-hydrogen) atoms. The first-order valence-corrected chi connectivity index (χ1v) is 4.61. The molecule has 0 spiro atoms. The number of aliphatic carboxylic acids is 1. The Morgan fingerprint density at radius 3 is 2.44 bits per heavy atom. The molecule has 1 saturated heterocycles. The number of aliphatic hydroxyl groups is 3. The first-order valence-electron chi connectivity index (χ1n) is 4.61. The van der Waals surface area contributed by atoms with E-state index in [1.165, 1.54) is 6.92 Å². The summed E-state index contributed by atoms with van der Waals surface area (Å²) in [7, 11) is 0. The molecule has 8 nitrogen and oxygen atoms in total. The second kappa shape index (κ2) is 4.34. The van der Waals surface area contributed by atoms with Crippen LogP contribution in [0, 0.1) is 0 Å². The maximum absolute atomic E-state index is 10.7. The largest absolute Gasteiger partial charge is 0.479 e. The summed E-state index contributed by atoms with van der Waals surface area (Å²) in [6.07, 6.45) is -4.49. The maximum atomic E-state index is 10.7. The quantitative estimate of drug-likeness (QED) is 0.292. The van der Waals surface area contributed by atoms with E-state index in [4.69, 9.17) is 5.11 Å². The van der Waals surface area contributed by atoms with Gasteiger partial charge in [0.05, 0.1) is 0 Å². The third-order valence-corrected chi connectivity index (χ3v) is 2.47. The predicted molar refractivity (Wildman–Crippen MR) is 50.2 cm³/mol. The third-order valence-electron chi connectivity index (χ3n) is 2.47. The summed E-state index contributed by atoms with van der Waals surface area (Å²) in [5.41, 5.74) is -2.46. The number of carboxylic acid groups (broad SMARTS) is 1. The van der Waals surface area contributed by atoms with Crippen molar-refractivity contribution in [3.05, 3.63) is 0 Å².